The molecule has 5 atom stereocenters. The van der Waals surface area contributed by atoms with E-state index in [1.807, 2.05) is 48.5 Å². The number of hydrogen-bond donors (Lipinski definition) is 1. The molecule has 454 valence electrons. The summed E-state index contributed by atoms with van der Waals surface area (Å²) in [6, 6.07) is 23.8. The molecule has 0 bridgehead atoms. The minimum absolute atomic E-state index is 0.135. The molecule has 0 saturated carbocycles. The number of para-hydroxylation sites is 4. The Hall–Kier alpha value is -5.53. The molecule has 2 heterocycles. The van der Waals surface area contributed by atoms with Gasteiger partial charge in [0, 0.05) is 34.3 Å². The number of hydrogen-bond acceptors (Lipinski definition) is 18. The van der Waals surface area contributed by atoms with Gasteiger partial charge in [-0.2, -0.15) is 0 Å². The van der Waals surface area contributed by atoms with Crippen molar-refractivity contribution in [1.29, 1.82) is 0 Å². The molecule has 2 N–H and O–H groups in total. The van der Waals surface area contributed by atoms with Crippen LogP contribution in [0.5, 0.6) is 23.0 Å². The number of quaternary nitrogens is 1. The fraction of sp³-hybridized carbons (Fsp3) is 0.593. The smallest absolute Gasteiger partial charge is 0.161 e. The van der Waals surface area contributed by atoms with Crippen LogP contribution in [0.1, 0.15) is 79.7 Å². The van der Waals surface area contributed by atoms with Crippen molar-refractivity contribution in [3.63, 3.8) is 0 Å². The number of carbonyl (C=O) groups excluding carboxylic acids is 4. The standard InChI is InChI=1S/C30H45NO10.C24H32O8.F6P/c1-19(32)37-18-25-26(38-20(2)33)27(39-21(3)34)28(40-22(4)35)29(41-25)36-17-11-9-8-10-16-31-24-14-12-23(13-15-24)30(5,6)7;1-2-6-22-21(5-1)29-17-13-25-9-10-27-15-19-31-23-7-3-4-8-24(23)32-20-16-28-12-11-26-14-18-30-22;1-7(2,3,4,5)6/h12-15,25-29,31H,8-11,16-18H2,1-7H3;1-8H,9-20H2;/q;;-1/p+1/t25-,26-,27+,28+,29+;;/m1../s1. The van der Waals surface area contributed by atoms with E-state index >= 15 is 0 Å². The molecule has 0 unspecified atom stereocenters. The Labute approximate surface area is 462 Å². The number of nitrogens with two attached hydrogens (primary N) is 1. The fourth-order valence-corrected chi connectivity index (χ4v) is 7.37. The van der Waals surface area contributed by atoms with Crippen LogP contribution >= 0.6 is 7.81 Å². The second-order valence-corrected chi connectivity index (χ2v) is 20.8. The Morgan fingerprint density at radius 2 is 0.887 bits per heavy atom. The second-order valence-electron chi connectivity index (χ2n) is 18.9. The van der Waals surface area contributed by atoms with Crippen LogP contribution in [0, 0.1) is 0 Å². The topological polar surface area (TPSA) is 214 Å². The third-order valence-electron chi connectivity index (χ3n) is 10.9. The van der Waals surface area contributed by atoms with E-state index < -0.39 is 62.4 Å². The number of carbonyl (C=O) groups is 4. The normalized spacial score (nSPS) is 20.8. The molecule has 0 radical (unpaired) electrons. The maximum Gasteiger partial charge on any atom is 0.161 e. The van der Waals surface area contributed by atoms with Crippen molar-refractivity contribution >= 4 is 37.4 Å². The summed E-state index contributed by atoms with van der Waals surface area (Å²) in [5, 5.41) is 2.24. The van der Waals surface area contributed by atoms with Gasteiger partial charge in [0.1, 0.15) is 44.8 Å². The molecule has 3 aromatic carbocycles. The summed E-state index contributed by atoms with van der Waals surface area (Å²) in [6.07, 6.45) is -2.13. The molecule has 0 amide bonds. The first kappa shape index (κ1) is 68.7. The number of rotatable bonds is 14. The van der Waals surface area contributed by atoms with Crippen LogP contribution in [-0.4, -0.2) is 154 Å². The van der Waals surface area contributed by atoms with Crippen LogP contribution in [-0.2, 0) is 72.0 Å². The van der Waals surface area contributed by atoms with E-state index in [0.29, 0.717) is 109 Å². The van der Waals surface area contributed by atoms with Gasteiger partial charge in [-0.1, -0.05) is 63.6 Å². The SMILES string of the molecule is CC(=O)OC[C@H]1O[C@H](OCCCCCC[NH2+]c2ccc(C(C)(C)C)cc2)[C@@H](OC(C)=O)[C@@H](OC(C)=O)[C@@H]1OC(C)=O.F[P-](F)(F)(F)(F)F.c1ccc2c(c1)OCCOCCOCCOc1ccccc1OCCOCCOCCO2. The van der Waals surface area contributed by atoms with Crippen LogP contribution in [0.15, 0.2) is 72.8 Å². The van der Waals surface area contributed by atoms with Gasteiger partial charge in [0.2, 0.25) is 0 Å². The summed E-state index contributed by atoms with van der Waals surface area (Å²) in [7, 11) is -10.7. The minimum Gasteiger partial charge on any atom is -0.487 e. The third-order valence-corrected chi connectivity index (χ3v) is 10.9. The molecule has 80 heavy (non-hydrogen) atoms. The van der Waals surface area contributed by atoms with E-state index in [-0.39, 0.29) is 18.6 Å². The molecule has 1 fully saturated rings. The first-order valence-electron chi connectivity index (χ1n) is 26.1. The van der Waals surface area contributed by atoms with Gasteiger partial charge in [0.25, 0.3) is 0 Å². The molecule has 1 saturated heterocycles. The number of fused-ring (bicyclic) bond motifs is 2. The average molecular weight is 1170 g/mol. The van der Waals surface area contributed by atoms with Gasteiger partial charge in [-0.15, -0.1) is 0 Å². The van der Waals surface area contributed by atoms with Crippen molar-refractivity contribution in [3.05, 3.63) is 78.4 Å². The average Bonchev–Trinajstić information content (AvgIpc) is 3.36. The largest absolute Gasteiger partial charge is 0.487 e. The van der Waals surface area contributed by atoms with Crippen molar-refractivity contribution in [3.8, 4) is 23.0 Å². The van der Waals surface area contributed by atoms with Crippen molar-refractivity contribution in [2.75, 3.05) is 99.0 Å². The first-order valence-corrected chi connectivity index (χ1v) is 28.1. The Bertz CT molecular complexity index is 2160. The van der Waals surface area contributed by atoms with Crippen molar-refractivity contribution in [1.82, 2.24) is 0 Å². The molecule has 19 nitrogen and oxygen atoms in total. The molecule has 0 aromatic heterocycles. The number of benzene rings is 3. The molecule has 0 spiro atoms. The number of unbranched alkanes of at least 4 members (excludes halogenated alkanes) is 3. The van der Waals surface area contributed by atoms with Gasteiger partial charge in [-0.05, 0) is 66.6 Å². The Kier molecular flexibility index (Phi) is 29.2. The van der Waals surface area contributed by atoms with Gasteiger partial charge in [-0.3, -0.25) is 19.2 Å². The molecule has 2 aliphatic rings. The van der Waals surface area contributed by atoms with Crippen LogP contribution in [0.25, 0.3) is 0 Å². The van der Waals surface area contributed by atoms with Gasteiger partial charge in [-0.25, -0.2) is 0 Å². The van der Waals surface area contributed by atoms with Gasteiger partial charge < -0.3 is 71.6 Å². The molecule has 26 heteroatoms. The zero-order chi connectivity index (χ0) is 59.1. The summed E-state index contributed by atoms with van der Waals surface area (Å²) in [6.45, 7) is 17.8. The van der Waals surface area contributed by atoms with Crippen LogP contribution in [0.4, 0.5) is 30.9 Å². The number of halogens is 6. The van der Waals surface area contributed by atoms with Gasteiger partial charge in [0.15, 0.2) is 47.6 Å². The van der Waals surface area contributed by atoms with Crippen LogP contribution in [0.2, 0.25) is 0 Å². The van der Waals surface area contributed by atoms with Gasteiger partial charge >= 0.3 is 56.9 Å². The van der Waals surface area contributed by atoms with Crippen LogP contribution < -0.4 is 24.3 Å². The molecule has 5 rings (SSSR count). The quantitative estimate of drug-likeness (QED) is 0.0398. The van der Waals surface area contributed by atoms with Crippen LogP contribution in [0.3, 0.4) is 0 Å². The maximum atomic E-state index is 11.9. The number of ether oxygens (including phenoxy) is 14. The van der Waals surface area contributed by atoms with Crippen molar-refractivity contribution < 1.29 is 116 Å². The Balaban J connectivity index is 0.000000383. The summed E-state index contributed by atoms with van der Waals surface area (Å²) in [4.78, 5) is 47.1. The zero-order valence-corrected chi connectivity index (χ0v) is 47.3. The van der Waals surface area contributed by atoms with E-state index in [0.717, 1.165) is 25.8 Å². The predicted molar refractivity (Wildman–Crippen MR) is 280 cm³/mol. The summed E-state index contributed by atoms with van der Waals surface area (Å²) >= 11 is 0. The van der Waals surface area contributed by atoms with E-state index in [4.69, 9.17) is 66.3 Å². The molecular weight excluding hydrogens is 1100 g/mol. The molecule has 0 aliphatic carbocycles. The zero-order valence-electron chi connectivity index (χ0n) is 46.4. The van der Waals surface area contributed by atoms with Gasteiger partial charge in [0.05, 0.1) is 59.4 Å². The van der Waals surface area contributed by atoms with Crippen molar-refractivity contribution in [2.45, 2.75) is 110 Å². The predicted octanol–water partition coefficient (Wildman–Crippen LogP) is 9.20. The fourth-order valence-electron chi connectivity index (χ4n) is 7.37. The number of esters is 4. The summed E-state index contributed by atoms with van der Waals surface area (Å²) in [5.41, 5.74) is 2.66. The first-order chi connectivity index (χ1) is 37.7. The van der Waals surface area contributed by atoms with E-state index in [1.54, 1.807) is 0 Å². The van der Waals surface area contributed by atoms with E-state index in [2.05, 4.69) is 50.4 Å². The van der Waals surface area contributed by atoms with Crippen molar-refractivity contribution in [2.24, 2.45) is 0 Å². The second kappa shape index (κ2) is 34.0. The summed E-state index contributed by atoms with van der Waals surface area (Å²) < 4.78 is 138. The Morgan fingerprint density at radius 3 is 1.27 bits per heavy atom. The monoisotopic (exact) mass is 1170 g/mol. The summed E-state index contributed by atoms with van der Waals surface area (Å²) in [5.74, 6) is 0.142. The minimum atomic E-state index is -10.7. The van der Waals surface area contributed by atoms with E-state index in [1.165, 1.54) is 38.9 Å². The molecule has 3 aromatic rings. The molecular formula is C54H78F6NO18P. The third kappa shape index (κ3) is 32.7. The molecule has 2 aliphatic heterocycles. The Morgan fingerprint density at radius 1 is 0.512 bits per heavy atom. The van der Waals surface area contributed by atoms with E-state index in [9.17, 15) is 44.4 Å². The maximum absolute atomic E-state index is 11.9.